The monoisotopic (exact) mass is 244 g/mol. The zero-order chi connectivity index (χ0) is 13.6. The molecule has 100 valence electrons. The summed E-state index contributed by atoms with van der Waals surface area (Å²) < 4.78 is 0. The fraction of sp³-hybridized carbons (Fsp3) is 0.667. The lowest BCUT2D eigenvalue weighted by molar-refractivity contribution is 0.0965. The van der Waals surface area contributed by atoms with Gasteiger partial charge >= 0.3 is 0 Å². The predicted molar refractivity (Wildman–Crippen MR) is 80.1 cm³/mol. The van der Waals surface area contributed by atoms with Crippen molar-refractivity contribution < 1.29 is 0 Å². The first-order chi connectivity index (χ1) is 8.27. The van der Waals surface area contributed by atoms with Gasteiger partial charge in [0, 0.05) is 0 Å². The van der Waals surface area contributed by atoms with Gasteiger partial charge in [-0.3, -0.25) is 0 Å². The van der Waals surface area contributed by atoms with E-state index < -0.39 is 0 Å². The second-order valence-corrected chi connectivity index (χ2v) is 7.46. The van der Waals surface area contributed by atoms with Crippen molar-refractivity contribution in [1.29, 1.82) is 0 Å². The Balaban J connectivity index is 2.39. The molecule has 1 aromatic carbocycles. The molecule has 1 aliphatic rings. The smallest absolute Gasteiger partial charge is 0.0193 e. The van der Waals surface area contributed by atoms with Crippen molar-refractivity contribution in [1.82, 2.24) is 0 Å². The van der Waals surface area contributed by atoms with Crippen molar-refractivity contribution in [3.8, 4) is 0 Å². The highest BCUT2D eigenvalue weighted by Crippen LogP contribution is 2.48. The summed E-state index contributed by atoms with van der Waals surface area (Å²) >= 11 is 0. The Labute approximate surface area is 113 Å². The van der Waals surface area contributed by atoms with Gasteiger partial charge in [-0.05, 0) is 52.7 Å². The third kappa shape index (κ3) is 2.22. The van der Waals surface area contributed by atoms with Crippen LogP contribution in [-0.2, 0) is 12.8 Å². The number of hydrogen-bond donors (Lipinski definition) is 0. The zero-order valence-corrected chi connectivity index (χ0v) is 12.9. The molecule has 0 nitrogen and oxygen atoms in total. The molecule has 0 N–H and O–H groups in total. The van der Waals surface area contributed by atoms with Gasteiger partial charge in [0.2, 0.25) is 0 Å². The van der Waals surface area contributed by atoms with Crippen LogP contribution in [0.1, 0.15) is 70.6 Å². The molecule has 1 unspecified atom stereocenters. The van der Waals surface area contributed by atoms with Crippen LogP contribution in [0.5, 0.6) is 0 Å². The molecule has 0 aromatic heterocycles. The van der Waals surface area contributed by atoms with E-state index in [1.54, 1.807) is 11.1 Å². The van der Waals surface area contributed by atoms with Crippen LogP contribution < -0.4 is 0 Å². The van der Waals surface area contributed by atoms with Crippen LogP contribution in [0.3, 0.4) is 0 Å². The molecule has 18 heavy (non-hydrogen) atoms. The Morgan fingerprint density at radius 1 is 1.00 bits per heavy atom. The Kier molecular flexibility index (Phi) is 3.34. The van der Waals surface area contributed by atoms with E-state index in [0.29, 0.717) is 16.7 Å². The number of rotatable bonds is 2. The molecule has 0 saturated carbocycles. The quantitative estimate of drug-likeness (QED) is 0.657. The zero-order valence-electron chi connectivity index (χ0n) is 12.9. The first-order valence-electron chi connectivity index (χ1n) is 7.38. The molecule has 0 saturated heterocycles. The molecule has 0 fully saturated rings. The standard InChI is InChI=1S/C18H28/c1-7-13(2)14-8-9-15-11-17(3,4)18(5,6)12-16(15)10-14/h8-10,13H,7,11-12H2,1-6H3. The third-order valence-corrected chi connectivity index (χ3v) is 5.51. The molecular weight excluding hydrogens is 216 g/mol. The highest BCUT2D eigenvalue weighted by molar-refractivity contribution is 5.37. The molecular formula is C18H28. The Hall–Kier alpha value is -0.780. The minimum Gasteiger partial charge on any atom is -0.0648 e. The summed E-state index contributed by atoms with van der Waals surface area (Å²) in [5, 5.41) is 0. The van der Waals surface area contributed by atoms with Gasteiger partial charge in [0.05, 0.1) is 0 Å². The van der Waals surface area contributed by atoms with Gasteiger partial charge in [0.1, 0.15) is 0 Å². The minimum atomic E-state index is 0.397. The first kappa shape index (κ1) is 13.6. The van der Waals surface area contributed by atoms with E-state index in [2.05, 4.69) is 59.7 Å². The first-order valence-corrected chi connectivity index (χ1v) is 7.38. The largest absolute Gasteiger partial charge is 0.0648 e. The van der Waals surface area contributed by atoms with Crippen LogP contribution in [0.25, 0.3) is 0 Å². The van der Waals surface area contributed by atoms with E-state index in [-0.39, 0.29) is 0 Å². The maximum Gasteiger partial charge on any atom is -0.0193 e. The van der Waals surface area contributed by atoms with E-state index in [1.165, 1.54) is 24.8 Å². The number of hydrogen-bond acceptors (Lipinski definition) is 0. The van der Waals surface area contributed by atoms with Crippen LogP contribution in [-0.4, -0.2) is 0 Å². The van der Waals surface area contributed by atoms with E-state index in [4.69, 9.17) is 0 Å². The van der Waals surface area contributed by atoms with E-state index in [1.807, 2.05) is 0 Å². The maximum absolute atomic E-state index is 2.47. The Morgan fingerprint density at radius 3 is 2.11 bits per heavy atom. The molecule has 0 radical (unpaired) electrons. The lowest BCUT2D eigenvalue weighted by Crippen LogP contribution is -2.40. The highest BCUT2D eigenvalue weighted by atomic mass is 14.5. The van der Waals surface area contributed by atoms with Crippen molar-refractivity contribution in [2.75, 3.05) is 0 Å². The van der Waals surface area contributed by atoms with Gasteiger partial charge in [-0.15, -0.1) is 0 Å². The molecule has 1 aromatic rings. The summed E-state index contributed by atoms with van der Waals surface area (Å²) in [6.07, 6.45) is 3.67. The van der Waals surface area contributed by atoms with Gasteiger partial charge in [-0.25, -0.2) is 0 Å². The molecule has 0 heterocycles. The van der Waals surface area contributed by atoms with Crippen LogP contribution in [0.15, 0.2) is 18.2 Å². The van der Waals surface area contributed by atoms with Crippen LogP contribution in [0, 0.1) is 10.8 Å². The molecule has 0 spiro atoms. The summed E-state index contributed by atoms with van der Waals surface area (Å²) in [5.74, 6) is 0.688. The third-order valence-electron chi connectivity index (χ3n) is 5.51. The van der Waals surface area contributed by atoms with Crippen LogP contribution >= 0.6 is 0 Å². The molecule has 2 rings (SSSR count). The van der Waals surface area contributed by atoms with Crippen molar-refractivity contribution in [2.24, 2.45) is 10.8 Å². The van der Waals surface area contributed by atoms with Gasteiger partial charge in [0.15, 0.2) is 0 Å². The van der Waals surface area contributed by atoms with E-state index in [9.17, 15) is 0 Å². The average Bonchev–Trinajstić information content (AvgIpc) is 2.28. The molecule has 1 aliphatic carbocycles. The Bertz CT molecular complexity index is 437. The summed E-state index contributed by atoms with van der Waals surface area (Å²) in [6.45, 7) is 14.3. The summed E-state index contributed by atoms with van der Waals surface area (Å²) in [4.78, 5) is 0. The van der Waals surface area contributed by atoms with Crippen molar-refractivity contribution in [3.63, 3.8) is 0 Å². The SMILES string of the molecule is CCC(C)c1ccc2c(c1)CC(C)(C)C(C)(C)C2. The average molecular weight is 244 g/mol. The molecule has 0 heteroatoms. The predicted octanol–water partition coefficient (Wildman–Crippen LogP) is 5.35. The minimum absolute atomic E-state index is 0.397. The Morgan fingerprint density at radius 2 is 1.56 bits per heavy atom. The summed E-state index contributed by atoms with van der Waals surface area (Å²) in [6, 6.07) is 7.20. The normalized spacial score (nSPS) is 22.3. The van der Waals surface area contributed by atoms with Crippen LogP contribution in [0.4, 0.5) is 0 Å². The summed E-state index contributed by atoms with van der Waals surface area (Å²) in [7, 11) is 0. The van der Waals surface area contributed by atoms with E-state index >= 15 is 0 Å². The second kappa shape index (κ2) is 4.40. The summed E-state index contributed by atoms with van der Waals surface area (Å²) in [5.41, 5.74) is 5.49. The molecule has 0 aliphatic heterocycles. The van der Waals surface area contributed by atoms with Gasteiger partial charge in [-0.2, -0.15) is 0 Å². The van der Waals surface area contributed by atoms with Gasteiger partial charge in [0.25, 0.3) is 0 Å². The van der Waals surface area contributed by atoms with Gasteiger partial charge < -0.3 is 0 Å². The number of benzene rings is 1. The molecule has 0 amide bonds. The van der Waals surface area contributed by atoms with Crippen LogP contribution in [0.2, 0.25) is 0 Å². The molecule has 0 bridgehead atoms. The van der Waals surface area contributed by atoms with Crippen molar-refractivity contribution >= 4 is 0 Å². The topological polar surface area (TPSA) is 0 Å². The van der Waals surface area contributed by atoms with Gasteiger partial charge in [-0.1, -0.05) is 59.7 Å². The fourth-order valence-corrected chi connectivity index (χ4v) is 2.96. The lowest BCUT2D eigenvalue weighted by atomic mass is 9.58. The van der Waals surface area contributed by atoms with E-state index in [0.717, 1.165) is 0 Å². The second-order valence-electron chi connectivity index (χ2n) is 7.46. The molecule has 1 atom stereocenters. The number of fused-ring (bicyclic) bond motifs is 1. The maximum atomic E-state index is 2.47. The van der Waals surface area contributed by atoms with Crippen molar-refractivity contribution in [2.45, 2.75) is 66.7 Å². The highest BCUT2D eigenvalue weighted by Gasteiger charge is 2.41. The lowest BCUT2D eigenvalue weighted by Gasteiger charge is -2.46. The fourth-order valence-electron chi connectivity index (χ4n) is 2.96. The van der Waals surface area contributed by atoms with Crippen molar-refractivity contribution in [3.05, 3.63) is 34.9 Å².